The number of hydrogen-bond acceptors (Lipinski definition) is 2. The number of rotatable bonds is 5. The molecular weight excluding hydrogens is 236 g/mol. The van der Waals surface area contributed by atoms with Crippen molar-refractivity contribution in [3.8, 4) is 0 Å². The highest BCUT2D eigenvalue weighted by Crippen LogP contribution is 2.21. The Labute approximate surface area is 116 Å². The fourth-order valence-electron chi connectivity index (χ4n) is 1.79. The summed E-state index contributed by atoms with van der Waals surface area (Å²) in [5, 5.41) is 6.25. The van der Waals surface area contributed by atoms with Crippen LogP contribution in [0.25, 0.3) is 0 Å². The molecule has 0 heterocycles. The van der Waals surface area contributed by atoms with Crippen molar-refractivity contribution >= 4 is 11.6 Å². The number of hydrogen-bond donors (Lipinski definition) is 2. The molecule has 0 spiro atoms. The number of nitrogens with one attached hydrogen (secondary N) is 2. The Morgan fingerprint density at radius 2 is 1.95 bits per heavy atom. The minimum atomic E-state index is -0.0126. The highest BCUT2D eigenvalue weighted by molar-refractivity contribution is 5.95. The summed E-state index contributed by atoms with van der Waals surface area (Å²) >= 11 is 0. The van der Waals surface area contributed by atoms with Crippen molar-refractivity contribution in [2.24, 2.45) is 5.41 Å². The van der Waals surface area contributed by atoms with Crippen LogP contribution in [-0.4, -0.2) is 19.0 Å². The first-order chi connectivity index (χ1) is 8.83. The van der Waals surface area contributed by atoms with Gasteiger partial charge >= 0.3 is 0 Å². The summed E-state index contributed by atoms with van der Waals surface area (Å²) in [6, 6.07) is 5.79. The van der Waals surface area contributed by atoms with E-state index in [0.717, 1.165) is 18.7 Å². The monoisotopic (exact) mass is 262 g/mol. The first-order valence-corrected chi connectivity index (χ1v) is 6.96. The van der Waals surface area contributed by atoms with E-state index in [9.17, 15) is 4.79 Å². The van der Waals surface area contributed by atoms with E-state index < -0.39 is 0 Å². The third-order valence-electron chi connectivity index (χ3n) is 3.03. The molecule has 0 saturated heterocycles. The lowest BCUT2D eigenvalue weighted by molar-refractivity contribution is 0.0956. The molecule has 2 N–H and O–H groups in total. The molecule has 0 unspecified atom stereocenters. The van der Waals surface area contributed by atoms with Gasteiger partial charge in [0.1, 0.15) is 0 Å². The minimum Gasteiger partial charge on any atom is -0.385 e. The lowest BCUT2D eigenvalue weighted by Crippen LogP contribution is -2.22. The second kappa shape index (κ2) is 6.60. The molecule has 1 amide bonds. The summed E-state index contributed by atoms with van der Waals surface area (Å²) in [6.45, 7) is 12.2. The quantitative estimate of drug-likeness (QED) is 0.851. The van der Waals surface area contributed by atoms with Gasteiger partial charge in [-0.05, 0) is 43.4 Å². The molecule has 0 aromatic heterocycles. The van der Waals surface area contributed by atoms with Gasteiger partial charge in [0.2, 0.25) is 0 Å². The van der Waals surface area contributed by atoms with E-state index in [0.29, 0.717) is 17.5 Å². The Kier molecular flexibility index (Phi) is 5.40. The Morgan fingerprint density at radius 1 is 1.26 bits per heavy atom. The third-order valence-corrected chi connectivity index (χ3v) is 3.03. The predicted octanol–water partition coefficient (Wildman–Crippen LogP) is 3.59. The molecule has 0 bridgehead atoms. The normalized spacial score (nSPS) is 11.2. The van der Waals surface area contributed by atoms with Gasteiger partial charge in [-0.15, -0.1) is 0 Å². The van der Waals surface area contributed by atoms with Crippen molar-refractivity contribution in [3.63, 3.8) is 0 Å². The zero-order chi connectivity index (χ0) is 14.5. The summed E-state index contributed by atoms with van der Waals surface area (Å²) in [5.41, 5.74) is 3.25. The van der Waals surface area contributed by atoms with Crippen LogP contribution in [0.5, 0.6) is 0 Å². The molecule has 3 nitrogen and oxygen atoms in total. The van der Waals surface area contributed by atoms with Gasteiger partial charge in [0.15, 0.2) is 0 Å². The maximum atomic E-state index is 11.8. The van der Waals surface area contributed by atoms with Crippen molar-refractivity contribution in [1.82, 2.24) is 5.32 Å². The van der Waals surface area contributed by atoms with E-state index in [1.807, 2.05) is 25.1 Å². The molecule has 106 valence electrons. The van der Waals surface area contributed by atoms with Gasteiger partial charge in [-0.25, -0.2) is 0 Å². The number of amides is 1. The second-order valence-electron chi connectivity index (χ2n) is 6.13. The summed E-state index contributed by atoms with van der Waals surface area (Å²) in [5.74, 6) is -0.0126. The fraction of sp³-hybridized carbons (Fsp3) is 0.562. The number of carbonyl (C=O) groups excluding carboxylic acids is 1. The number of benzene rings is 1. The largest absolute Gasteiger partial charge is 0.385 e. The summed E-state index contributed by atoms with van der Waals surface area (Å²) < 4.78 is 0. The standard InChI is InChI=1S/C16H26N2O/c1-6-17-15(19)13-8-7-12(2)14(11-13)18-10-9-16(3,4)5/h7-8,11,18H,6,9-10H2,1-5H3,(H,17,19). The number of anilines is 1. The molecule has 0 aliphatic rings. The highest BCUT2D eigenvalue weighted by Gasteiger charge is 2.10. The lowest BCUT2D eigenvalue weighted by Gasteiger charge is -2.19. The van der Waals surface area contributed by atoms with E-state index in [4.69, 9.17) is 0 Å². The Hall–Kier alpha value is -1.51. The van der Waals surface area contributed by atoms with Gasteiger partial charge in [-0.1, -0.05) is 26.8 Å². The topological polar surface area (TPSA) is 41.1 Å². The van der Waals surface area contributed by atoms with Crippen LogP contribution < -0.4 is 10.6 Å². The summed E-state index contributed by atoms with van der Waals surface area (Å²) in [6.07, 6.45) is 1.10. The zero-order valence-electron chi connectivity index (χ0n) is 12.8. The molecule has 19 heavy (non-hydrogen) atoms. The lowest BCUT2D eigenvalue weighted by atomic mass is 9.92. The Morgan fingerprint density at radius 3 is 2.53 bits per heavy atom. The van der Waals surface area contributed by atoms with Gasteiger partial charge in [0.25, 0.3) is 5.91 Å². The van der Waals surface area contributed by atoms with Crippen molar-refractivity contribution in [2.45, 2.75) is 41.0 Å². The van der Waals surface area contributed by atoms with E-state index >= 15 is 0 Å². The molecule has 3 heteroatoms. The maximum Gasteiger partial charge on any atom is 0.251 e. The SMILES string of the molecule is CCNC(=O)c1ccc(C)c(NCCC(C)(C)C)c1. The molecule has 1 aromatic carbocycles. The fourth-order valence-corrected chi connectivity index (χ4v) is 1.79. The van der Waals surface area contributed by atoms with E-state index in [2.05, 4.69) is 38.3 Å². The average Bonchev–Trinajstić information content (AvgIpc) is 2.30. The van der Waals surface area contributed by atoms with Gasteiger partial charge in [0.05, 0.1) is 0 Å². The first-order valence-electron chi connectivity index (χ1n) is 6.96. The van der Waals surface area contributed by atoms with Gasteiger partial charge < -0.3 is 10.6 Å². The number of aryl methyl sites for hydroxylation is 1. The van der Waals surface area contributed by atoms with Crippen molar-refractivity contribution in [2.75, 3.05) is 18.4 Å². The van der Waals surface area contributed by atoms with Crippen molar-refractivity contribution in [3.05, 3.63) is 29.3 Å². The van der Waals surface area contributed by atoms with Crippen LogP contribution in [0.15, 0.2) is 18.2 Å². The molecule has 1 rings (SSSR count). The molecule has 0 atom stereocenters. The average molecular weight is 262 g/mol. The Balaban J connectivity index is 2.72. The van der Waals surface area contributed by atoms with Crippen LogP contribution in [0.1, 0.15) is 50.0 Å². The Bertz CT molecular complexity index is 433. The molecule has 0 saturated carbocycles. The number of carbonyl (C=O) groups is 1. The smallest absolute Gasteiger partial charge is 0.251 e. The molecule has 0 radical (unpaired) electrons. The molecule has 0 aliphatic heterocycles. The van der Waals surface area contributed by atoms with Gasteiger partial charge in [-0.2, -0.15) is 0 Å². The van der Waals surface area contributed by atoms with E-state index in [-0.39, 0.29) is 5.91 Å². The van der Waals surface area contributed by atoms with Crippen molar-refractivity contribution < 1.29 is 4.79 Å². The second-order valence-corrected chi connectivity index (χ2v) is 6.13. The van der Waals surface area contributed by atoms with Crippen LogP contribution in [-0.2, 0) is 0 Å². The molecular formula is C16H26N2O. The summed E-state index contributed by atoms with van der Waals surface area (Å²) in [7, 11) is 0. The molecule has 0 aliphatic carbocycles. The maximum absolute atomic E-state index is 11.8. The zero-order valence-corrected chi connectivity index (χ0v) is 12.8. The van der Waals surface area contributed by atoms with Crippen LogP contribution >= 0.6 is 0 Å². The molecule has 1 aromatic rings. The van der Waals surface area contributed by atoms with Crippen LogP contribution in [0.3, 0.4) is 0 Å². The first kappa shape index (κ1) is 15.5. The van der Waals surface area contributed by atoms with Gasteiger partial charge in [0, 0.05) is 24.3 Å². The van der Waals surface area contributed by atoms with E-state index in [1.165, 1.54) is 5.56 Å². The van der Waals surface area contributed by atoms with E-state index in [1.54, 1.807) is 0 Å². The van der Waals surface area contributed by atoms with Gasteiger partial charge in [-0.3, -0.25) is 4.79 Å². The third kappa shape index (κ3) is 5.33. The van der Waals surface area contributed by atoms with Crippen LogP contribution in [0.4, 0.5) is 5.69 Å². The summed E-state index contributed by atoms with van der Waals surface area (Å²) in [4.78, 5) is 11.8. The van der Waals surface area contributed by atoms with Crippen LogP contribution in [0, 0.1) is 12.3 Å². The predicted molar refractivity (Wildman–Crippen MR) is 81.7 cm³/mol. The highest BCUT2D eigenvalue weighted by atomic mass is 16.1. The molecule has 0 fully saturated rings. The van der Waals surface area contributed by atoms with Crippen LogP contribution in [0.2, 0.25) is 0 Å². The minimum absolute atomic E-state index is 0.0126. The van der Waals surface area contributed by atoms with Crippen molar-refractivity contribution in [1.29, 1.82) is 0 Å².